The van der Waals surface area contributed by atoms with Gasteiger partial charge in [0.05, 0.1) is 16.0 Å². The van der Waals surface area contributed by atoms with Crippen molar-refractivity contribution in [1.29, 1.82) is 0 Å². The lowest BCUT2D eigenvalue weighted by Crippen LogP contribution is -2.08. The van der Waals surface area contributed by atoms with Crippen molar-refractivity contribution in [1.82, 2.24) is 0 Å². The molecule has 0 aromatic rings. The van der Waals surface area contributed by atoms with Crippen LogP contribution in [0.15, 0.2) is 40.9 Å². The van der Waals surface area contributed by atoms with Crippen LogP contribution in [0.5, 0.6) is 0 Å². The van der Waals surface area contributed by atoms with Gasteiger partial charge in [-0.15, -0.1) is 0 Å². The van der Waals surface area contributed by atoms with Gasteiger partial charge in [-0.1, -0.05) is 36.6 Å². The van der Waals surface area contributed by atoms with E-state index < -0.39 is 0 Å². The Bertz CT molecular complexity index is 260. The first kappa shape index (κ1) is 5.98. The van der Waals surface area contributed by atoms with Gasteiger partial charge in [-0.25, -0.2) is 4.99 Å². The van der Waals surface area contributed by atoms with Gasteiger partial charge in [0.15, 0.2) is 0 Å². The lowest BCUT2D eigenvalue weighted by Gasteiger charge is -2.04. The van der Waals surface area contributed by atoms with Crippen LogP contribution in [0.25, 0.3) is 0 Å². The molecule has 0 amide bonds. The molecule has 0 saturated heterocycles. The summed E-state index contributed by atoms with van der Waals surface area (Å²) < 4.78 is 0. The maximum atomic E-state index is 4.26. The zero-order valence-corrected chi connectivity index (χ0v) is 6.27. The third-order valence-corrected chi connectivity index (χ3v) is 2.49. The van der Waals surface area contributed by atoms with E-state index in [0.717, 1.165) is 10.7 Å². The molecule has 1 atom stereocenters. The van der Waals surface area contributed by atoms with E-state index in [0.29, 0.717) is 5.25 Å². The van der Waals surface area contributed by atoms with Crippen LogP contribution in [-0.2, 0) is 0 Å². The Labute approximate surface area is 64.2 Å². The van der Waals surface area contributed by atoms with E-state index in [-0.39, 0.29) is 0 Å². The zero-order valence-electron chi connectivity index (χ0n) is 5.45. The summed E-state index contributed by atoms with van der Waals surface area (Å²) >= 11 is 1.71. The predicted octanol–water partition coefficient (Wildman–Crippen LogP) is 2.14. The fraction of sp³-hybridized carbons (Fsp3) is 0.125. The normalized spacial score (nSPS) is 28.6. The average molecular weight is 149 g/mol. The van der Waals surface area contributed by atoms with Gasteiger partial charge in [0.1, 0.15) is 0 Å². The molecular formula is C8H7NS. The van der Waals surface area contributed by atoms with Crippen LogP contribution in [0.4, 0.5) is 0 Å². The predicted molar refractivity (Wildman–Crippen MR) is 46.2 cm³/mol. The molecular weight excluding hydrogens is 142 g/mol. The maximum absolute atomic E-state index is 4.26. The second-order valence-corrected chi connectivity index (χ2v) is 3.43. The van der Waals surface area contributed by atoms with E-state index in [4.69, 9.17) is 0 Å². The SMILES string of the molecule is C=C1N=C2C=CC=CC2S1. The number of fused-ring (bicyclic) bond motifs is 1. The summed E-state index contributed by atoms with van der Waals surface area (Å²) in [6.45, 7) is 3.79. The summed E-state index contributed by atoms with van der Waals surface area (Å²) in [6, 6.07) is 0. The highest BCUT2D eigenvalue weighted by Crippen LogP contribution is 2.32. The fourth-order valence-corrected chi connectivity index (χ4v) is 1.90. The van der Waals surface area contributed by atoms with Crippen LogP contribution >= 0.6 is 11.8 Å². The van der Waals surface area contributed by atoms with Crippen molar-refractivity contribution in [2.24, 2.45) is 4.99 Å². The Morgan fingerprint density at radius 3 is 3.20 bits per heavy atom. The van der Waals surface area contributed by atoms with Crippen LogP contribution in [-0.4, -0.2) is 11.0 Å². The molecule has 2 aliphatic rings. The Hall–Kier alpha value is -0.760. The minimum atomic E-state index is 0.442. The second kappa shape index (κ2) is 2.13. The molecule has 0 bridgehead atoms. The number of nitrogens with zero attached hydrogens (tertiary/aromatic N) is 1. The first-order chi connectivity index (χ1) is 4.86. The van der Waals surface area contributed by atoms with Crippen LogP contribution in [0.2, 0.25) is 0 Å². The molecule has 10 heavy (non-hydrogen) atoms. The quantitative estimate of drug-likeness (QED) is 0.514. The molecule has 1 unspecified atom stereocenters. The molecule has 0 aromatic heterocycles. The summed E-state index contributed by atoms with van der Waals surface area (Å²) in [5.41, 5.74) is 1.14. The molecule has 50 valence electrons. The standard InChI is InChI=1S/C8H7NS/c1-6-9-7-4-2-3-5-8(7)10-6/h2-5,8H,1H2. The van der Waals surface area contributed by atoms with Gasteiger partial charge in [-0.2, -0.15) is 0 Å². The van der Waals surface area contributed by atoms with Gasteiger partial charge in [-0.3, -0.25) is 0 Å². The van der Waals surface area contributed by atoms with Crippen LogP contribution < -0.4 is 0 Å². The first-order valence-electron chi connectivity index (χ1n) is 3.15. The molecule has 0 radical (unpaired) electrons. The summed E-state index contributed by atoms with van der Waals surface area (Å²) in [5, 5.41) is 1.37. The molecule has 1 aliphatic carbocycles. The maximum Gasteiger partial charge on any atom is 0.0901 e. The summed E-state index contributed by atoms with van der Waals surface area (Å²) in [4.78, 5) is 4.26. The fourth-order valence-electron chi connectivity index (χ4n) is 1.03. The molecule has 1 aliphatic heterocycles. The molecule has 1 heterocycles. The van der Waals surface area contributed by atoms with E-state index in [1.165, 1.54) is 0 Å². The van der Waals surface area contributed by atoms with Crippen molar-refractivity contribution in [3.8, 4) is 0 Å². The van der Waals surface area contributed by atoms with E-state index in [1.54, 1.807) is 11.8 Å². The molecule has 0 fully saturated rings. The number of aliphatic imine (C=N–C) groups is 1. The van der Waals surface area contributed by atoms with Gasteiger partial charge in [0, 0.05) is 0 Å². The minimum Gasteiger partial charge on any atom is -0.246 e. The second-order valence-electron chi connectivity index (χ2n) is 2.21. The van der Waals surface area contributed by atoms with Crippen molar-refractivity contribution in [2.75, 3.05) is 0 Å². The number of hydrogen-bond donors (Lipinski definition) is 0. The monoisotopic (exact) mass is 149 g/mol. The molecule has 0 N–H and O–H groups in total. The molecule has 2 heteroatoms. The summed E-state index contributed by atoms with van der Waals surface area (Å²) in [7, 11) is 0. The number of allylic oxidation sites excluding steroid dienone is 3. The smallest absolute Gasteiger partial charge is 0.0901 e. The van der Waals surface area contributed by atoms with Crippen molar-refractivity contribution in [3.63, 3.8) is 0 Å². The Morgan fingerprint density at radius 2 is 2.40 bits per heavy atom. The highest BCUT2D eigenvalue weighted by molar-refractivity contribution is 8.04. The average Bonchev–Trinajstić information content (AvgIpc) is 2.27. The topological polar surface area (TPSA) is 12.4 Å². The van der Waals surface area contributed by atoms with E-state index in [1.807, 2.05) is 12.2 Å². The zero-order chi connectivity index (χ0) is 6.97. The minimum absolute atomic E-state index is 0.442. The van der Waals surface area contributed by atoms with Gasteiger partial charge in [0.25, 0.3) is 0 Å². The number of rotatable bonds is 0. The first-order valence-corrected chi connectivity index (χ1v) is 4.03. The van der Waals surface area contributed by atoms with Gasteiger partial charge in [-0.05, 0) is 6.08 Å². The lowest BCUT2D eigenvalue weighted by atomic mass is 10.1. The molecule has 1 nitrogen and oxygen atoms in total. The number of thioether (sulfide) groups is 1. The van der Waals surface area contributed by atoms with Crippen LogP contribution in [0.1, 0.15) is 0 Å². The van der Waals surface area contributed by atoms with Crippen molar-refractivity contribution in [3.05, 3.63) is 35.9 Å². The summed E-state index contributed by atoms with van der Waals surface area (Å²) in [5.74, 6) is 0. The Morgan fingerprint density at radius 1 is 1.50 bits per heavy atom. The lowest BCUT2D eigenvalue weighted by molar-refractivity contribution is 1.47. The Balaban J connectivity index is 2.37. The third-order valence-electron chi connectivity index (χ3n) is 1.47. The van der Waals surface area contributed by atoms with Gasteiger partial charge >= 0.3 is 0 Å². The highest BCUT2D eigenvalue weighted by Gasteiger charge is 2.20. The summed E-state index contributed by atoms with van der Waals surface area (Å²) in [6.07, 6.45) is 8.24. The highest BCUT2D eigenvalue weighted by atomic mass is 32.2. The van der Waals surface area contributed by atoms with Gasteiger partial charge < -0.3 is 0 Å². The van der Waals surface area contributed by atoms with Gasteiger partial charge in [0.2, 0.25) is 0 Å². The largest absolute Gasteiger partial charge is 0.246 e. The van der Waals surface area contributed by atoms with Crippen LogP contribution in [0.3, 0.4) is 0 Å². The molecule has 0 spiro atoms. The van der Waals surface area contributed by atoms with E-state index >= 15 is 0 Å². The molecule has 0 saturated carbocycles. The van der Waals surface area contributed by atoms with Crippen molar-refractivity contribution >= 4 is 17.5 Å². The van der Waals surface area contributed by atoms with Crippen LogP contribution in [0, 0.1) is 0 Å². The number of hydrogen-bond acceptors (Lipinski definition) is 2. The van der Waals surface area contributed by atoms with Crippen molar-refractivity contribution < 1.29 is 0 Å². The van der Waals surface area contributed by atoms with E-state index in [9.17, 15) is 0 Å². The Kier molecular flexibility index (Phi) is 1.27. The van der Waals surface area contributed by atoms with Crippen molar-refractivity contribution in [2.45, 2.75) is 5.25 Å². The van der Waals surface area contributed by atoms with E-state index in [2.05, 4.69) is 23.7 Å². The molecule has 2 rings (SSSR count). The third kappa shape index (κ3) is 0.847. The molecule has 0 aromatic carbocycles.